The fourth-order valence-corrected chi connectivity index (χ4v) is 1.57. The minimum atomic E-state index is -0.206. The van der Waals surface area contributed by atoms with Gasteiger partial charge >= 0.3 is 5.97 Å². The molecule has 5 heteroatoms. The van der Waals surface area contributed by atoms with Crippen LogP contribution in [0.1, 0.15) is 12.8 Å². The van der Waals surface area contributed by atoms with Crippen LogP contribution >= 0.6 is 0 Å². The quantitative estimate of drug-likeness (QED) is 0.348. The maximum atomic E-state index is 11.6. The van der Waals surface area contributed by atoms with Crippen LogP contribution in [0.4, 0.5) is 0 Å². The Morgan fingerprint density at radius 1 is 1.33 bits per heavy atom. The van der Waals surface area contributed by atoms with E-state index in [4.69, 9.17) is 18.9 Å². The van der Waals surface area contributed by atoms with Gasteiger partial charge in [0.15, 0.2) is 6.79 Å². The van der Waals surface area contributed by atoms with Gasteiger partial charge in [-0.15, -0.1) is 0 Å². The number of esters is 1. The summed E-state index contributed by atoms with van der Waals surface area (Å²) in [5, 5.41) is 0. The normalized spacial score (nSPS) is 29.7. The van der Waals surface area contributed by atoms with Crippen LogP contribution in [0.2, 0.25) is 0 Å². The second-order valence-electron chi connectivity index (χ2n) is 3.95. The van der Waals surface area contributed by atoms with E-state index in [2.05, 4.69) is 0 Å². The van der Waals surface area contributed by atoms with Crippen LogP contribution in [-0.4, -0.2) is 45.3 Å². The molecule has 0 radical (unpaired) electrons. The Morgan fingerprint density at radius 3 is 2.27 bits per heavy atom. The molecule has 2 aliphatic heterocycles. The molecule has 2 atom stereocenters. The van der Waals surface area contributed by atoms with E-state index in [1.54, 1.807) is 0 Å². The molecule has 0 N–H and O–H groups in total. The molecule has 0 aromatic heterocycles. The van der Waals surface area contributed by atoms with Crippen molar-refractivity contribution < 1.29 is 23.7 Å². The highest BCUT2D eigenvalue weighted by Gasteiger charge is 2.36. The predicted molar refractivity (Wildman–Crippen MR) is 50.2 cm³/mol. The van der Waals surface area contributed by atoms with Gasteiger partial charge in [0.25, 0.3) is 0 Å². The molecule has 0 spiro atoms. The highest BCUT2D eigenvalue weighted by atomic mass is 16.7. The SMILES string of the molecule is COCOC(=O)C(CC1CO1)CC1CO1. The summed E-state index contributed by atoms with van der Waals surface area (Å²) in [6.45, 7) is 1.55. The van der Waals surface area contributed by atoms with E-state index in [0.29, 0.717) is 0 Å². The minimum absolute atomic E-state index is 0.0202. The van der Waals surface area contributed by atoms with Gasteiger partial charge in [-0.3, -0.25) is 4.79 Å². The highest BCUT2D eigenvalue weighted by Crippen LogP contribution is 2.28. The number of ether oxygens (including phenoxy) is 4. The summed E-state index contributed by atoms with van der Waals surface area (Å²) < 4.78 is 19.9. The zero-order valence-corrected chi connectivity index (χ0v) is 8.81. The number of rotatable bonds is 7. The topological polar surface area (TPSA) is 60.6 Å². The van der Waals surface area contributed by atoms with Gasteiger partial charge in [-0.2, -0.15) is 0 Å². The number of carbonyl (C=O) groups is 1. The van der Waals surface area contributed by atoms with E-state index in [9.17, 15) is 4.79 Å². The number of epoxide rings is 2. The Kier molecular flexibility index (Phi) is 3.56. The summed E-state index contributed by atoms with van der Waals surface area (Å²) >= 11 is 0. The highest BCUT2D eigenvalue weighted by molar-refractivity contribution is 5.72. The molecule has 0 saturated carbocycles. The molecule has 2 fully saturated rings. The molecule has 0 aromatic carbocycles. The van der Waals surface area contributed by atoms with Gasteiger partial charge in [-0.05, 0) is 12.8 Å². The van der Waals surface area contributed by atoms with Crippen molar-refractivity contribution in [2.75, 3.05) is 27.1 Å². The van der Waals surface area contributed by atoms with Crippen LogP contribution in [0.25, 0.3) is 0 Å². The van der Waals surface area contributed by atoms with Gasteiger partial charge < -0.3 is 18.9 Å². The van der Waals surface area contributed by atoms with E-state index in [-0.39, 0.29) is 30.9 Å². The summed E-state index contributed by atoms with van der Waals surface area (Å²) in [4.78, 5) is 11.6. The molecule has 0 aliphatic carbocycles. The molecule has 2 saturated heterocycles. The Labute approximate surface area is 88.6 Å². The van der Waals surface area contributed by atoms with Crippen LogP contribution in [0.3, 0.4) is 0 Å². The Hall–Kier alpha value is -0.650. The molecule has 86 valence electrons. The first kappa shape index (κ1) is 10.9. The Morgan fingerprint density at radius 2 is 1.87 bits per heavy atom. The van der Waals surface area contributed by atoms with Gasteiger partial charge in [-0.25, -0.2) is 0 Å². The lowest BCUT2D eigenvalue weighted by Crippen LogP contribution is -2.22. The molecule has 2 rings (SSSR count). The summed E-state index contributed by atoms with van der Waals surface area (Å²) in [6.07, 6.45) is 1.96. The molecule has 5 nitrogen and oxygen atoms in total. The van der Waals surface area contributed by atoms with Crippen molar-refractivity contribution in [3.63, 3.8) is 0 Å². The monoisotopic (exact) mass is 216 g/mol. The fourth-order valence-electron chi connectivity index (χ4n) is 1.57. The lowest BCUT2D eigenvalue weighted by Gasteiger charge is -2.13. The first-order valence-electron chi connectivity index (χ1n) is 5.18. The van der Waals surface area contributed by atoms with Crippen molar-refractivity contribution in [3.05, 3.63) is 0 Å². The van der Waals surface area contributed by atoms with E-state index in [0.717, 1.165) is 26.1 Å². The summed E-state index contributed by atoms with van der Waals surface area (Å²) in [5.74, 6) is -0.317. The standard InChI is InChI=1S/C10H16O5/c1-12-6-15-10(11)7(2-8-4-13-8)3-9-5-14-9/h7-9H,2-6H2,1H3. The number of carbonyl (C=O) groups excluding carboxylic acids is 1. The zero-order valence-electron chi connectivity index (χ0n) is 8.81. The van der Waals surface area contributed by atoms with Crippen LogP contribution in [0, 0.1) is 5.92 Å². The smallest absolute Gasteiger partial charge is 0.311 e. The molecular weight excluding hydrogens is 200 g/mol. The first-order valence-corrected chi connectivity index (χ1v) is 5.18. The van der Waals surface area contributed by atoms with Crippen LogP contribution < -0.4 is 0 Å². The zero-order chi connectivity index (χ0) is 10.7. The van der Waals surface area contributed by atoms with Crippen molar-refractivity contribution in [2.24, 2.45) is 5.92 Å². The van der Waals surface area contributed by atoms with Gasteiger partial charge in [0, 0.05) is 7.11 Å². The average molecular weight is 216 g/mol. The maximum absolute atomic E-state index is 11.6. The predicted octanol–water partition coefficient (Wildman–Crippen LogP) is 0.327. The van der Waals surface area contributed by atoms with Crippen molar-refractivity contribution >= 4 is 5.97 Å². The molecule has 2 heterocycles. The van der Waals surface area contributed by atoms with Gasteiger partial charge in [0.2, 0.25) is 0 Å². The minimum Gasteiger partial charge on any atom is -0.438 e. The molecule has 2 unspecified atom stereocenters. The number of hydrogen-bond donors (Lipinski definition) is 0. The molecule has 0 bridgehead atoms. The number of hydrogen-bond acceptors (Lipinski definition) is 5. The van der Waals surface area contributed by atoms with Gasteiger partial charge in [0.1, 0.15) is 0 Å². The van der Waals surface area contributed by atoms with Crippen molar-refractivity contribution in [3.8, 4) is 0 Å². The lowest BCUT2D eigenvalue weighted by atomic mass is 9.98. The molecule has 0 aromatic rings. The molecular formula is C10H16O5. The summed E-state index contributed by atoms with van der Waals surface area (Å²) in [7, 11) is 1.50. The maximum Gasteiger partial charge on any atom is 0.311 e. The third-order valence-electron chi connectivity index (χ3n) is 2.55. The van der Waals surface area contributed by atoms with Crippen molar-refractivity contribution in [2.45, 2.75) is 25.0 Å². The number of methoxy groups -OCH3 is 1. The Balaban J connectivity index is 1.75. The van der Waals surface area contributed by atoms with E-state index in [1.807, 2.05) is 0 Å². The third kappa shape index (κ3) is 3.77. The van der Waals surface area contributed by atoms with Gasteiger partial charge in [0.05, 0.1) is 31.3 Å². The second kappa shape index (κ2) is 4.92. The summed E-state index contributed by atoms with van der Waals surface area (Å²) in [6, 6.07) is 0. The van der Waals surface area contributed by atoms with Crippen molar-refractivity contribution in [1.29, 1.82) is 0 Å². The van der Waals surface area contributed by atoms with Gasteiger partial charge in [-0.1, -0.05) is 0 Å². The van der Waals surface area contributed by atoms with E-state index >= 15 is 0 Å². The molecule has 0 amide bonds. The molecule has 15 heavy (non-hydrogen) atoms. The third-order valence-corrected chi connectivity index (χ3v) is 2.55. The fraction of sp³-hybridized carbons (Fsp3) is 0.900. The summed E-state index contributed by atoms with van der Waals surface area (Å²) in [5.41, 5.74) is 0. The van der Waals surface area contributed by atoms with E-state index in [1.165, 1.54) is 7.11 Å². The second-order valence-corrected chi connectivity index (χ2v) is 3.95. The van der Waals surface area contributed by atoms with Crippen LogP contribution in [-0.2, 0) is 23.7 Å². The largest absolute Gasteiger partial charge is 0.438 e. The average Bonchev–Trinajstić information content (AvgIpc) is 3.06. The lowest BCUT2D eigenvalue weighted by molar-refractivity contribution is -0.159. The van der Waals surface area contributed by atoms with Crippen molar-refractivity contribution in [1.82, 2.24) is 0 Å². The van der Waals surface area contributed by atoms with E-state index < -0.39 is 0 Å². The van der Waals surface area contributed by atoms with Crippen LogP contribution in [0.5, 0.6) is 0 Å². The molecule has 2 aliphatic rings. The Bertz CT molecular complexity index is 208. The van der Waals surface area contributed by atoms with Crippen LogP contribution in [0.15, 0.2) is 0 Å². The first-order chi connectivity index (χ1) is 7.29.